The number of ether oxygens (including phenoxy) is 1. The van der Waals surface area contributed by atoms with Crippen LogP contribution in [0.2, 0.25) is 5.02 Å². The lowest BCUT2D eigenvalue weighted by molar-refractivity contribution is 0.195. The fraction of sp³-hybridized carbons (Fsp3) is 0.455. The summed E-state index contributed by atoms with van der Waals surface area (Å²) in [6.07, 6.45) is 1.08. The van der Waals surface area contributed by atoms with Gasteiger partial charge in [-0.1, -0.05) is 17.7 Å². The molecule has 1 unspecified atom stereocenters. The van der Waals surface area contributed by atoms with Crippen LogP contribution in [0.15, 0.2) is 18.2 Å². The van der Waals surface area contributed by atoms with Crippen molar-refractivity contribution in [1.82, 2.24) is 0 Å². The van der Waals surface area contributed by atoms with Crippen LogP contribution in [0, 0.1) is 6.92 Å². The third-order valence-corrected chi connectivity index (χ3v) is 2.72. The molecule has 14 heavy (non-hydrogen) atoms. The Bertz CT molecular complexity index is 321. The van der Waals surface area contributed by atoms with Gasteiger partial charge in [-0.25, -0.2) is 0 Å². The number of anilines is 1. The van der Waals surface area contributed by atoms with Crippen LogP contribution in [0.3, 0.4) is 0 Å². The van der Waals surface area contributed by atoms with Crippen LogP contribution >= 0.6 is 11.6 Å². The van der Waals surface area contributed by atoms with Crippen LogP contribution in [-0.2, 0) is 4.74 Å². The van der Waals surface area contributed by atoms with Crippen LogP contribution in [0.1, 0.15) is 12.0 Å². The molecule has 0 radical (unpaired) electrons. The first-order valence-electron chi connectivity index (χ1n) is 4.86. The van der Waals surface area contributed by atoms with Crippen molar-refractivity contribution in [2.45, 2.75) is 19.4 Å². The summed E-state index contributed by atoms with van der Waals surface area (Å²) in [5.41, 5.74) is 2.34. The van der Waals surface area contributed by atoms with Gasteiger partial charge in [0.1, 0.15) is 0 Å². The predicted molar refractivity (Wildman–Crippen MR) is 59.0 cm³/mol. The normalized spacial score (nSPS) is 21.1. The number of benzene rings is 1. The van der Waals surface area contributed by atoms with E-state index < -0.39 is 0 Å². The Morgan fingerprint density at radius 2 is 2.36 bits per heavy atom. The van der Waals surface area contributed by atoms with Gasteiger partial charge in [0.25, 0.3) is 0 Å². The molecule has 1 heterocycles. The Hall–Kier alpha value is -0.730. The van der Waals surface area contributed by atoms with Crippen LogP contribution in [0.5, 0.6) is 0 Å². The first-order chi connectivity index (χ1) is 6.75. The molecule has 1 aliphatic heterocycles. The standard InChI is InChI=1S/C11H14ClNO/c1-8-2-3-9(12)6-11(8)13-10-4-5-14-7-10/h2-3,6,10,13H,4-5,7H2,1H3. The summed E-state index contributed by atoms with van der Waals surface area (Å²) in [6.45, 7) is 3.73. The van der Waals surface area contributed by atoms with Gasteiger partial charge in [0.05, 0.1) is 12.6 Å². The highest BCUT2D eigenvalue weighted by Gasteiger charge is 2.15. The van der Waals surface area contributed by atoms with Crippen LogP contribution in [0.4, 0.5) is 5.69 Å². The molecule has 0 amide bonds. The van der Waals surface area contributed by atoms with Gasteiger partial charge in [-0.05, 0) is 31.0 Å². The van der Waals surface area contributed by atoms with Gasteiger partial charge in [-0.15, -0.1) is 0 Å². The highest BCUT2D eigenvalue weighted by Crippen LogP contribution is 2.22. The summed E-state index contributed by atoms with van der Waals surface area (Å²) in [4.78, 5) is 0. The minimum Gasteiger partial charge on any atom is -0.380 e. The van der Waals surface area contributed by atoms with Gasteiger partial charge in [0.2, 0.25) is 0 Å². The molecule has 1 aliphatic rings. The number of halogens is 1. The molecule has 0 saturated carbocycles. The molecular weight excluding hydrogens is 198 g/mol. The molecule has 1 aromatic carbocycles. The maximum atomic E-state index is 5.93. The van der Waals surface area contributed by atoms with E-state index in [2.05, 4.69) is 12.2 Å². The summed E-state index contributed by atoms with van der Waals surface area (Å²) in [5, 5.41) is 4.22. The molecule has 1 fully saturated rings. The monoisotopic (exact) mass is 211 g/mol. The second-order valence-electron chi connectivity index (χ2n) is 3.66. The molecule has 1 saturated heterocycles. The number of hydrogen-bond acceptors (Lipinski definition) is 2. The smallest absolute Gasteiger partial charge is 0.0668 e. The molecule has 1 aromatic rings. The van der Waals surface area contributed by atoms with Crippen molar-refractivity contribution in [2.75, 3.05) is 18.5 Å². The molecule has 3 heteroatoms. The van der Waals surface area contributed by atoms with E-state index in [1.807, 2.05) is 18.2 Å². The predicted octanol–water partition coefficient (Wildman–Crippen LogP) is 2.85. The van der Waals surface area contributed by atoms with Crippen molar-refractivity contribution in [2.24, 2.45) is 0 Å². The number of hydrogen-bond donors (Lipinski definition) is 1. The lowest BCUT2D eigenvalue weighted by Gasteiger charge is -2.14. The molecule has 2 rings (SSSR count). The van der Waals surface area contributed by atoms with Crippen molar-refractivity contribution in [3.05, 3.63) is 28.8 Å². The number of rotatable bonds is 2. The summed E-state index contributed by atoms with van der Waals surface area (Å²) in [6, 6.07) is 6.34. The fourth-order valence-corrected chi connectivity index (χ4v) is 1.79. The maximum Gasteiger partial charge on any atom is 0.0668 e. The van der Waals surface area contributed by atoms with Gasteiger partial charge in [-0.2, -0.15) is 0 Å². The van der Waals surface area contributed by atoms with E-state index in [1.165, 1.54) is 5.56 Å². The van der Waals surface area contributed by atoms with Gasteiger partial charge in [0, 0.05) is 17.3 Å². The SMILES string of the molecule is Cc1ccc(Cl)cc1NC1CCOC1. The van der Waals surface area contributed by atoms with E-state index in [-0.39, 0.29) is 0 Å². The highest BCUT2D eigenvalue weighted by molar-refractivity contribution is 6.30. The topological polar surface area (TPSA) is 21.3 Å². The molecule has 2 nitrogen and oxygen atoms in total. The van der Waals surface area contributed by atoms with E-state index in [4.69, 9.17) is 16.3 Å². The molecule has 76 valence electrons. The Labute approximate surface area is 89.2 Å². The van der Waals surface area contributed by atoms with Gasteiger partial charge in [0.15, 0.2) is 0 Å². The van der Waals surface area contributed by atoms with E-state index in [0.717, 1.165) is 30.3 Å². The highest BCUT2D eigenvalue weighted by atomic mass is 35.5. The van der Waals surface area contributed by atoms with E-state index in [1.54, 1.807) is 0 Å². The average Bonchev–Trinajstić information content (AvgIpc) is 2.64. The summed E-state index contributed by atoms with van der Waals surface area (Å²) < 4.78 is 5.30. The first-order valence-corrected chi connectivity index (χ1v) is 5.24. The maximum absolute atomic E-state index is 5.93. The molecular formula is C11H14ClNO. The van der Waals surface area contributed by atoms with Crippen LogP contribution < -0.4 is 5.32 Å². The summed E-state index contributed by atoms with van der Waals surface area (Å²) in [7, 11) is 0. The molecule has 1 N–H and O–H groups in total. The summed E-state index contributed by atoms with van der Waals surface area (Å²) in [5.74, 6) is 0. The quantitative estimate of drug-likeness (QED) is 0.813. The molecule has 0 aliphatic carbocycles. The molecule has 0 aromatic heterocycles. The molecule has 0 bridgehead atoms. The van der Waals surface area contributed by atoms with E-state index >= 15 is 0 Å². The number of aryl methyl sites for hydroxylation is 1. The van der Waals surface area contributed by atoms with Gasteiger partial charge >= 0.3 is 0 Å². The fourth-order valence-electron chi connectivity index (χ4n) is 1.62. The zero-order valence-electron chi connectivity index (χ0n) is 8.22. The molecule has 0 spiro atoms. The molecule has 1 atom stereocenters. The van der Waals surface area contributed by atoms with E-state index in [9.17, 15) is 0 Å². The van der Waals surface area contributed by atoms with Crippen molar-refractivity contribution in [3.63, 3.8) is 0 Å². The van der Waals surface area contributed by atoms with Gasteiger partial charge < -0.3 is 10.1 Å². The Morgan fingerprint density at radius 3 is 3.07 bits per heavy atom. The lowest BCUT2D eigenvalue weighted by Crippen LogP contribution is -2.19. The van der Waals surface area contributed by atoms with Crippen LogP contribution in [0.25, 0.3) is 0 Å². The Morgan fingerprint density at radius 1 is 1.50 bits per heavy atom. The minimum atomic E-state index is 0.437. The zero-order chi connectivity index (χ0) is 9.97. The van der Waals surface area contributed by atoms with Crippen molar-refractivity contribution >= 4 is 17.3 Å². The average molecular weight is 212 g/mol. The largest absolute Gasteiger partial charge is 0.380 e. The second kappa shape index (κ2) is 4.20. The van der Waals surface area contributed by atoms with Crippen molar-refractivity contribution in [1.29, 1.82) is 0 Å². The third kappa shape index (κ3) is 2.20. The third-order valence-electron chi connectivity index (χ3n) is 2.49. The second-order valence-corrected chi connectivity index (χ2v) is 4.10. The summed E-state index contributed by atoms with van der Waals surface area (Å²) >= 11 is 5.93. The number of nitrogens with one attached hydrogen (secondary N) is 1. The first kappa shape index (κ1) is 9.81. The van der Waals surface area contributed by atoms with Gasteiger partial charge in [-0.3, -0.25) is 0 Å². The van der Waals surface area contributed by atoms with E-state index in [0.29, 0.717) is 6.04 Å². The van der Waals surface area contributed by atoms with Crippen molar-refractivity contribution < 1.29 is 4.74 Å². The van der Waals surface area contributed by atoms with Crippen molar-refractivity contribution in [3.8, 4) is 0 Å². The van der Waals surface area contributed by atoms with Crippen LogP contribution in [-0.4, -0.2) is 19.3 Å². The zero-order valence-corrected chi connectivity index (χ0v) is 8.97. The Kier molecular flexibility index (Phi) is 2.94. The minimum absolute atomic E-state index is 0.437. The Balaban J connectivity index is 2.10. The lowest BCUT2D eigenvalue weighted by atomic mass is 10.1.